The highest BCUT2D eigenvalue weighted by atomic mass is 16.6. The molecular formula is C21H28N4O3. The third-order valence-electron chi connectivity index (χ3n) is 5.78. The van der Waals surface area contributed by atoms with Crippen LogP contribution in [0.5, 0.6) is 5.75 Å². The molecule has 0 bridgehead atoms. The molecule has 28 heavy (non-hydrogen) atoms. The number of likely N-dealkylation sites (tertiary alicyclic amines) is 1. The van der Waals surface area contributed by atoms with Gasteiger partial charge < -0.3 is 18.9 Å². The Hall–Kier alpha value is -2.54. The molecule has 150 valence electrons. The summed E-state index contributed by atoms with van der Waals surface area (Å²) >= 11 is 0. The Labute approximate surface area is 165 Å². The molecule has 0 aliphatic carbocycles. The minimum Gasteiger partial charge on any atom is -0.492 e. The number of nitrogens with zero attached hydrogens (tertiary/aromatic N) is 4. The first-order valence-corrected chi connectivity index (χ1v) is 9.99. The monoisotopic (exact) mass is 384 g/mol. The van der Waals surface area contributed by atoms with Crippen LogP contribution < -0.4 is 4.74 Å². The van der Waals surface area contributed by atoms with E-state index in [0.717, 1.165) is 38.2 Å². The molecule has 2 aliphatic rings. The van der Waals surface area contributed by atoms with Gasteiger partial charge in [0.15, 0.2) is 0 Å². The van der Waals surface area contributed by atoms with E-state index in [2.05, 4.69) is 21.4 Å². The summed E-state index contributed by atoms with van der Waals surface area (Å²) < 4.78 is 13.7. The molecule has 1 unspecified atom stereocenters. The highest BCUT2D eigenvalue weighted by Crippen LogP contribution is 2.33. The van der Waals surface area contributed by atoms with Crippen molar-refractivity contribution in [1.82, 2.24) is 19.4 Å². The number of benzene rings is 1. The summed E-state index contributed by atoms with van der Waals surface area (Å²) in [6, 6.07) is 10.1. The quantitative estimate of drug-likeness (QED) is 0.734. The number of hydrogen-bond donors (Lipinski definition) is 0. The summed E-state index contributed by atoms with van der Waals surface area (Å²) in [5.74, 6) is 0.824. The number of amides is 1. The second kappa shape index (κ2) is 8.22. The van der Waals surface area contributed by atoms with E-state index < -0.39 is 0 Å². The van der Waals surface area contributed by atoms with Gasteiger partial charge in [-0.15, -0.1) is 0 Å². The maximum Gasteiger partial charge on any atom is 0.410 e. The maximum atomic E-state index is 12.3. The first-order chi connectivity index (χ1) is 13.6. The van der Waals surface area contributed by atoms with Gasteiger partial charge in [-0.05, 0) is 19.1 Å². The molecule has 1 spiro atoms. The normalized spacial score (nSPS) is 20.3. The summed E-state index contributed by atoms with van der Waals surface area (Å²) in [4.78, 5) is 20.7. The second-order valence-electron chi connectivity index (χ2n) is 7.78. The third kappa shape index (κ3) is 4.30. The van der Waals surface area contributed by atoms with Crippen LogP contribution in [0.15, 0.2) is 49.1 Å². The van der Waals surface area contributed by atoms with Gasteiger partial charge in [0.05, 0.1) is 19.4 Å². The van der Waals surface area contributed by atoms with Crippen molar-refractivity contribution in [2.75, 3.05) is 32.8 Å². The molecule has 1 atom stereocenters. The lowest BCUT2D eigenvalue weighted by Gasteiger charge is -2.40. The van der Waals surface area contributed by atoms with Crippen molar-refractivity contribution in [3.63, 3.8) is 0 Å². The van der Waals surface area contributed by atoms with Gasteiger partial charge in [0.25, 0.3) is 0 Å². The number of aromatic nitrogens is 2. The summed E-state index contributed by atoms with van der Waals surface area (Å²) in [5.41, 5.74) is -0.338. The summed E-state index contributed by atoms with van der Waals surface area (Å²) in [7, 11) is 0. The maximum absolute atomic E-state index is 12.3. The Morgan fingerprint density at radius 3 is 2.75 bits per heavy atom. The van der Waals surface area contributed by atoms with E-state index in [0.29, 0.717) is 25.7 Å². The Kier molecular flexibility index (Phi) is 5.52. The first kappa shape index (κ1) is 18.8. The molecule has 1 amide bonds. The fourth-order valence-corrected chi connectivity index (χ4v) is 4.10. The number of piperidine rings is 1. The highest BCUT2D eigenvalue weighted by Gasteiger charge is 2.47. The van der Waals surface area contributed by atoms with Crippen LogP contribution in [0.1, 0.15) is 19.8 Å². The van der Waals surface area contributed by atoms with E-state index >= 15 is 0 Å². The SMILES string of the molecule is CC(Cn1ccnc1)N1CCC2(CC1)CN(CCOc1ccccc1)C(=O)O2. The summed E-state index contributed by atoms with van der Waals surface area (Å²) in [6.45, 7) is 6.74. The molecule has 4 rings (SSSR count). The van der Waals surface area contributed by atoms with Crippen LogP contribution in [0, 0.1) is 0 Å². The van der Waals surface area contributed by atoms with E-state index in [4.69, 9.17) is 9.47 Å². The van der Waals surface area contributed by atoms with Crippen LogP contribution in [0.3, 0.4) is 0 Å². The fourth-order valence-electron chi connectivity index (χ4n) is 4.10. The topological polar surface area (TPSA) is 59.8 Å². The Morgan fingerprint density at radius 1 is 1.25 bits per heavy atom. The number of carbonyl (C=O) groups excluding carboxylic acids is 1. The van der Waals surface area contributed by atoms with Gasteiger partial charge in [-0.2, -0.15) is 0 Å². The lowest BCUT2D eigenvalue weighted by atomic mass is 9.90. The predicted molar refractivity (Wildman–Crippen MR) is 105 cm³/mol. The van der Waals surface area contributed by atoms with Crippen LogP contribution in [0.4, 0.5) is 4.79 Å². The van der Waals surface area contributed by atoms with Gasteiger partial charge in [-0.3, -0.25) is 4.90 Å². The van der Waals surface area contributed by atoms with Gasteiger partial charge in [0.2, 0.25) is 0 Å². The van der Waals surface area contributed by atoms with Crippen molar-refractivity contribution in [2.24, 2.45) is 0 Å². The average Bonchev–Trinajstić information content (AvgIpc) is 3.31. The molecular weight excluding hydrogens is 356 g/mol. The molecule has 2 fully saturated rings. The van der Waals surface area contributed by atoms with Gasteiger partial charge in [0.1, 0.15) is 18.0 Å². The zero-order valence-corrected chi connectivity index (χ0v) is 16.4. The second-order valence-corrected chi connectivity index (χ2v) is 7.78. The summed E-state index contributed by atoms with van der Waals surface area (Å²) in [5, 5.41) is 0. The lowest BCUT2D eigenvalue weighted by molar-refractivity contribution is -0.00991. The zero-order chi connectivity index (χ0) is 19.4. The largest absolute Gasteiger partial charge is 0.492 e. The lowest BCUT2D eigenvalue weighted by Crippen LogP contribution is -2.50. The number of hydrogen-bond acceptors (Lipinski definition) is 5. The molecule has 0 saturated carbocycles. The minimum atomic E-state index is -0.338. The molecule has 7 heteroatoms. The van der Waals surface area contributed by atoms with E-state index in [9.17, 15) is 4.79 Å². The van der Waals surface area contributed by atoms with Crippen molar-refractivity contribution in [1.29, 1.82) is 0 Å². The fraction of sp³-hybridized carbons (Fsp3) is 0.524. The molecule has 2 saturated heterocycles. The van der Waals surface area contributed by atoms with E-state index in [-0.39, 0.29) is 11.7 Å². The van der Waals surface area contributed by atoms with Crippen molar-refractivity contribution in [2.45, 2.75) is 38.0 Å². The minimum absolute atomic E-state index is 0.212. The standard InChI is InChI=1S/C21H28N4O3/c1-18(15-23-12-9-22-17-23)24-10-7-21(8-11-24)16-25(20(26)28-21)13-14-27-19-5-3-2-4-6-19/h2-6,9,12,17-18H,7-8,10-11,13-16H2,1H3. The number of imidazole rings is 1. The molecule has 7 nitrogen and oxygen atoms in total. The average molecular weight is 384 g/mol. The molecule has 2 aromatic rings. The van der Waals surface area contributed by atoms with Crippen molar-refractivity contribution in [3.05, 3.63) is 49.1 Å². The number of ether oxygens (including phenoxy) is 2. The first-order valence-electron chi connectivity index (χ1n) is 9.99. The van der Waals surface area contributed by atoms with Crippen LogP contribution in [-0.2, 0) is 11.3 Å². The predicted octanol–water partition coefficient (Wildman–Crippen LogP) is 2.64. The van der Waals surface area contributed by atoms with Crippen molar-refractivity contribution in [3.8, 4) is 5.75 Å². The van der Waals surface area contributed by atoms with Gasteiger partial charge >= 0.3 is 6.09 Å². The van der Waals surface area contributed by atoms with E-state index in [1.807, 2.05) is 49.1 Å². The van der Waals surface area contributed by atoms with Crippen LogP contribution in [-0.4, -0.2) is 69.9 Å². The van der Waals surface area contributed by atoms with Crippen LogP contribution >= 0.6 is 0 Å². The number of carbonyl (C=O) groups is 1. The van der Waals surface area contributed by atoms with Gasteiger partial charge in [-0.1, -0.05) is 18.2 Å². The molecule has 1 aromatic carbocycles. The smallest absolute Gasteiger partial charge is 0.410 e. The highest BCUT2D eigenvalue weighted by molar-refractivity contribution is 5.70. The van der Waals surface area contributed by atoms with E-state index in [1.54, 1.807) is 4.90 Å². The molecule has 1 aromatic heterocycles. The number of rotatable bonds is 7. The van der Waals surface area contributed by atoms with E-state index in [1.165, 1.54) is 0 Å². The molecule has 3 heterocycles. The Bertz CT molecular complexity index is 757. The molecule has 0 N–H and O–H groups in total. The van der Waals surface area contributed by atoms with Crippen LogP contribution in [0.2, 0.25) is 0 Å². The third-order valence-corrected chi connectivity index (χ3v) is 5.78. The molecule has 0 radical (unpaired) electrons. The number of para-hydroxylation sites is 1. The van der Waals surface area contributed by atoms with Gasteiger partial charge in [0, 0.05) is 50.9 Å². The molecule has 2 aliphatic heterocycles. The summed E-state index contributed by atoms with van der Waals surface area (Å²) in [6.07, 6.45) is 7.21. The zero-order valence-electron chi connectivity index (χ0n) is 16.4. The van der Waals surface area contributed by atoms with Gasteiger partial charge in [-0.25, -0.2) is 9.78 Å². The van der Waals surface area contributed by atoms with Crippen molar-refractivity contribution < 1.29 is 14.3 Å². The Balaban J connectivity index is 1.24. The van der Waals surface area contributed by atoms with Crippen molar-refractivity contribution >= 4 is 6.09 Å². The van der Waals surface area contributed by atoms with Crippen LogP contribution in [0.25, 0.3) is 0 Å². The Morgan fingerprint density at radius 2 is 2.04 bits per heavy atom.